The Morgan fingerprint density at radius 1 is 1.04 bits per heavy atom. The Kier molecular flexibility index (Phi) is 6.61. The second-order valence-corrected chi connectivity index (χ2v) is 6.39. The maximum absolute atomic E-state index is 12.1. The van der Waals surface area contributed by atoms with Gasteiger partial charge < -0.3 is 15.7 Å². The molecule has 1 fully saturated rings. The first-order valence-corrected chi connectivity index (χ1v) is 8.39. The first-order valence-electron chi connectivity index (χ1n) is 8.01. The molecular formula is C17H21ClN2O4. The van der Waals surface area contributed by atoms with Gasteiger partial charge in [-0.1, -0.05) is 18.0 Å². The number of halogens is 1. The third-order valence-corrected chi connectivity index (χ3v) is 4.46. The minimum atomic E-state index is -0.831. The Bertz CT molecular complexity index is 603. The van der Waals surface area contributed by atoms with Crippen molar-refractivity contribution in [3.63, 3.8) is 0 Å². The van der Waals surface area contributed by atoms with E-state index in [9.17, 15) is 14.4 Å². The minimum Gasteiger partial charge on any atom is -0.481 e. The highest BCUT2D eigenvalue weighted by Gasteiger charge is 2.30. The molecule has 1 aromatic rings. The summed E-state index contributed by atoms with van der Waals surface area (Å²) in [6.07, 6.45) is 2.49. The Hall–Kier alpha value is -2.08. The van der Waals surface area contributed by atoms with Crippen molar-refractivity contribution in [2.75, 3.05) is 13.1 Å². The lowest BCUT2D eigenvalue weighted by Crippen LogP contribution is -2.39. The molecular weight excluding hydrogens is 332 g/mol. The van der Waals surface area contributed by atoms with Crippen molar-refractivity contribution in [1.82, 2.24) is 10.6 Å². The van der Waals surface area contributed by atoms with Crippen LogP contribution in [0.2, 0.25) is 5.02 Å². The number of carboxylic acid groups (broad SMARTS) is 1. The zero-order chi connectivity index (χ0) is 17.5. The minimum absolute atomic E-state index is 0.137. The molecule has 2 rings (SSSR count). The molecule has 0 radical (unpaired) electrons. The lowest BCUT2D eigenvalue weighted by molar-refractivity contribution is -0.144. The topological polar surface area (TPSA) is 95.5 Å². The average molecular weight is 353 g/mol. The number of hydrogen-bond acceptors (Lipinski definition) is 3. The summed E-state index contributed by atoms with van der Waals surface area (Å²) in [5, 5.41) is 15.1. The number of amides is 2. The molecule has 0 saturated heterocycles. The molecule has 2 amide bonds. The Labute approximate surface area is 145 Å². The first kappa shape index (κ1) is 18.3. The summed E-state index contributed by atoms with van der Waals surface area (Å²) >= 11 is 5.77. The number of nitrogens with one attached hydrogen (secondary N) is 2. The summed E-state index contributed by atoms with van der Waals surface area (Å²) in [4.78, 5) is 35.0. The summed E-state index contributed by atoms with van der Waals surface area (Å²) in [5.41, 5.74) is 0.502. The van der Waals surface area contributed by atoms with Crippen LogP contribution in [0.3, 0.4) is 0 Å². The van der Waals surface area contributed by atoms with Crippen molar-refractivity contribution in [2.45, 2.75) is 25.7 Å². The number of rotatable bonds is 6. The van der Waals surface area contributed by atoms with Gasteiger partial charge in [-0.05, 0) is 43.5 Å². The molecule has 0 aliphatic heterocycles. The molecule has 0 heterocycles. The quantitative estimate of drug-likeness (QED) is 0.683. The van der Waals surface area contributed by atoms with Gasteiger partial charge in [0.1, 0.15) is 0 Å². The second kappa shape index (κ2) is 8.68. The molecule has 1 aliphatic rings. The van der Waals surface area contributed by atoms with E-state index in [1.54, 1.807) is 24.3 Å². The smallest absolute Gasteiger partial charge is 0.306 e. The highest BCUT2D eigenvalue weighted by molar-refractivity contribution is 6.30. The van der Waals surface area contributed by atoms with Gasteiger partial charge in [0, 0.05) is 29.6 Å². The van der Waals surface area contributed by atoms with Crippen LogP contribution in [0.15, 0.2) is 24.3 Å². The van der Waals surface area contributed by atoms with E-state index in [0.29, 0.717) is 42.9 Å². The van der Waals surface area contributed by atoms with Gasteiger partial charge in [0.2, 0.25) is 5.91 Å². The van der Waals surface area contributed by atoms with Crippen LogP contribution in [0.1, 0.15) is 36.0 Å². The predicted molar refractivity (Wildman–Crippen MR) is 89.9 cm³/mol. The summed E-state index contributed by atoms with van der Waals surface area (Å²) in [6.45, 7) is 0.620. The molecule has 24 heavy (non-hydrogen) atoms. The van der Waals surface area contributed by atoms with Crippen LogP contribution in [0, 0.1) is 11.8 Å². The average Bonchev–Trinajstić information content (AvgIpc) is 2.59. The first-order chi connectivity index (χ1) is 11.5. The SMILES string of the molecule is O=C(NCCNC(=O)C1CCCC(C(=O)O)C1)c1ccc(Cl)cc1. The van der Waals surface area contributed by atoms with Crippen LogP contribution in [0.5, 0.6) is 0 Å². The zero-order valence-electron chi connectivity index (χ0n) is 13.3. The van der Waals surface area contributed by atoms with Crippen LogP contribution < -0.4 is 10.6 Å². The maximum Gasteiger partial charge on any atom is 0.306 e. The number of carbonyl (C=O) groups is 3. The van der Waals surface area contributed by atoms with E-state index < -0.39 is 11.9 Å². The van der Waals surface area contributed by atoms with E-state index in [0.717, 1.165) is 6.42 Å². The van der Waals surface area contributed by atoms with E-state index in [4.69, 9.17) is 16.7 Å². The number of aliphatic carboxylic acids is 1. The summed E-state index contributed by atoms with van der Waals surface area (Å²) in [6, 6.07) is 6.54. The van der Waals surface area contributed by atoms with E-state index in [-0.39, 0.29) is 17.7 Å². The standard InChI is InChI=1S/C17H21ClN2O4/c18-14-6-4-11(5-7-14)15(21)19-8-9-20-16(22)12-2-1-3-13(10-12)17(23)24/h4-7,12-13H,1-3,8-10H2,(H,19,21)(H,20,22)(H,23,24). The number of carbonyl (C=O) groups excluding carboxylic acids is 2. The normalized spacial score (nSPS) is 20.2. The monoisotopic (exact) mass is 352 g/mol. The molecule has 3 N–H and O–H groups in total. The second-order valence-electron chi connectivity index (χ2n) is 5.95. The van der Waals surface area contributed by atoms with Crippen molar-refractivity contribution < 1.29 is 19.5 Å². The van der Waals surface area contributed by atoms with Crippen LogP contribution in [0.4, 0.5) is 0 Å². The molecule has 1 aliphatic carbocycles. The van der Waals surface area contributed by atoms with Crippen molar-refractivity contribution in [2.24, 2.45) is 11.8 Å². The molecule has 130 valence electrons. The van der Waals surface area contributed by atoms with E-state index >= 15 is 0 Å². The van der Waals surface area contributed by atoms with Gasteiger partial charge in [0.25, 0.3) is 5.91 Å². The fourth-order valence-corrected chi connectivity index (χ4v) is 2.99. The molecule has 0 spiro atoms. The number of carboxylic acids is 1. The maximum atomic E-state index is 12.1. The van der Waals surface area contributed by atoms with Crippen LogP contribution in [0.25, 0.3) is 0 Å². The van der Waals surface area contributed by atoms with Crippen molar-refractivity contribution >= 4 is 29.4 Å². The van der Waals surface area contributed by atoms with E-state index in [1.807, 2.05) is 0 Å². The van der Waals surface area contributed by atoms with Gasteiger partial charge in [-0.15, -0.1) is 0 Å². The molecule has 1 aromatic carbocycles. The Morgan fingerprint density at radius 2 is 1.67 bits per heavy atom. The highest BCUT2D eigenvalue weighted by atomic mass is 35.5. The summed E-state index contributed by atoms with van der Waals surface area (Å²) < 4.78 is 0. The molecule has 6 nitrogen and oxygen atoms in total. The number of hydrogen-bond donors (Lipinski definition) is 3. The van der Waals surface area contributed by atoms with Crippen LogP contribution >= 0.6 is 11.6 Å². The fourth-order valence-electron chi connectivity index (χ4n) is 2.86. The largest absolute Gasteiger partial charge is 0.481 e. The fraction of sp³-hybridized carbons (Fsp3) is 0.471. The predicted octanol–water partition coefficient (Wildman–Crippen LogP) is 2.08. The van der Waals surface area contributed by atoms with Gasteiger partial charge >= 0.3 is 5.97 Å². The zero-order valence-corrected chi connectivity index (χ0v) is 14.0. The van der Waals surface area contributed by atoms with Crippen molar-refractivity contribution in [1.29, 1.82) is 0 Å². The molecule has 0 bridgehead atoms. The van der Waals surface area contributed by atoms with E-state index in [2.05, 4.69) is 10.6 Å². The molecule has 0 aromatic heterocycles. The van der Waals surface area contributed by atoms with Crippen LogP contribution in [-0.2, 0) is 9.59 Å². The van der Waals surface area contributed by atoms with Crippen molar-refractivity contribution in [3.8, 4) is 0 Å². The lowest BCUT2D eigenvalue weighted by Gasteiger charge is -2.25. The third kappa shape index (κ3) is 5.23. The molecule has 2 atom stereocenters. The van der Waals surface area contributed by atoms with Crippen molar-refractivity contribution in [3.05, 3.63) is 34.9 Å². The molecule has 1 saturated carbocycles. The van der Waals surface area contributed by atoms with Gasteiger partial charge in [-0.25, -0.2) is 0 Å². The Morgan fingerprint density at radius 3 is 2.33 bits per heavy atom. The highest BCUT2D eigenvalue weighted by Crippen LogP contribution is 2.29. The number of benzene rings is 1. The van der Waals surface area contributed by atoms with E-state index in [1.165, 1.54) is 0 Å². The summed E-state index contributed by atoms with van der Waals surface area (Å²) in [7, 11) is 0. The summed E-state index contributed by atoms with van der Waals surface area (Å²) in [5.74, 6) is -1.89. The van der Waals surface area contributed by atoms with Gasteiger partial charge in [0.15, 0.2) is 0 Å². The Balaban J connectivity index is 1.70. The van der Waals surface area contributed by atoms with Gasteiger partial charge in [-0.3, -0.25) is 14.4 Å². The van der Waals surface area contributed by atoms with Crippen LogP contribution in [-0.4, -0.2) is 36.0 Å². The molecule has 2 unspecified atom stereocenters. The lowest BCUT2D eigenvalue weighted by atomic mass is 9.81. The van der Waals surface area contributed by atoms with Gasteiger partial charge in [0.05, 0.1) is 5.92 Å². The molecule has 7 heteroatoms. The third-order valence-electron chi connectivity index (χ3n) is 4.21. The van der Waals surface area contributed by atoms with Gasteiger partial charge in [-0.2, -0.15) is 0 Å².